The molecule has 3 rings (SSSR count). The molecule has 2 aromatic carbocycles. The standard InChI is InChI=1S/C18H17N3O3S2/c1-12-5-3-4-6-14(12)17(22)19-18-20(9-10-25-2)15-8-7-13(21(23)24)11-16(15)26-18/h3-8,11H,9-10H2,1-2H3. The van der Waals surface area contributed by atoms with Gasteiger partial charge in [-0.15, -0.1) is 0 Å². The Bertz CT molecular complexity index is 1050. The maximum absolute atomic E-state index is 12.6. The quantitative estimate of drug-likeness (QED) is 0.489. The van der Waals surface area contributed by atoms with Gasteiger partial charge in [0.05, 0.1) is 15.1 Å². The van der Waals surface area contributed by atoms with E-state index in [1.807, 2.05) is 35.9 Å². The Balaban J connectivity index is 2.15. The number of thiazole rings is 1. The number of nitrogens with zero attached hydrogens (tertiary/aromatic N) is 3. The fourth-order valence-corrected chi connectivity index (χ4v) is 4.07. The van der Waals surface area contributed by atoms with Gasteiger partial charge < -0.3 is 4.57 Å². The second kappa shape index (κ2) is 7.84. The summed E-state index contributed by atoms with van der Waals surface area (Å²) in [5, 5.41) is 11.0. The molecule has 1 aromatic heterocycles. The lowest BCUT2D eigenvalue weighted by Crippen LogP contribution is -2.18. The molecule has 6 nitrogen and oxygen atoms in total. The normalized spacial score (nSPS) is 11.8. The third-order valence-corrected chi connectivity index (χ3v) is 5.60. The van der Waals surface area contributed by atoms with Crippen molar-refractivity contribution in [2.75, 3.05) is 12.0 Å². The lowest BCUT2D eigenvalue weighted by molar-refractivity contribution is -0.384. The second-order valence-electron chi connectivity index (χ2n) is 5.67. The van der Waals surface area contributed by atoms with E-state index in [4.69, 9.17) is 0 Å². The van der Waals surface area contributed by atoms with Gasteiger partial charge in [-0.25, -0.2) is 0 Å². The van der Waals surface area contributed by atoms with Gasteiger partial charge in [0, 0.05) is 30.0 Å². The van der Waals surface area contributed by atoms with Gasteiger partial charge in [-0.05, 0) is 30.9 Å². The number of nitro benzene ring substituents is 1. The molecule has 0 aliphatic carbocycles. The van der Waals surface area contributed by atoms with E-state index in [0.717, 1.165) is 21.5 Å². The number of hydrogen-bond acceptors (Lipinski definition) is 5. The van der Waals surface area contributed by atoms with Crippen LogP contribution in [0.1, 0.15) is 15.9 Å². The maximum atomic E-state index is 12.6. The van der Waals surface area contributed by atoms with Crippen molar-refractivity contribution in [3.05, 3.63) is 68.5 Å². The Morgan fingerprint density at radius 2 is 2.08 bits per heavy atom. The van der Waals surface area contributed by atoms with E-state index in [9.17, 15) is 14.9 Å². The molecule has 0 N–H and O–H groups in total. The molecule has 0 radical (unpaired) electrons. The molecular formula is C18H17N3O3S2. The van der Waals surface area contributed by atoms with Crippen LogP contribution in [0.15, 0.2) is 47.5 Å². The first-order valence-corrected chi connectivity index (χ1v) is 10.1. The van der Waals surface area contributed by atoms with Crippen molar-refractivity contribution in [1.29, 1.82) is 0 Å². The minimum atomic E-state index is -0.416. The Morgan fingerprint density at radius 1 is 1.31 bits per heavy atom. The second-order valence-corrected chi connectivity index (χ2v) is 7.66. The molecule has 0 saturated carbocycles. The first kappa shape index (κ1) is 18.3. The fourth-order valence-electron chi connectivity index (χ4n) is 2.62. The molecule has 0 aliphatic rings. The summed E-state index contributed by atoms with van der Waals surface area (Å²) in [5.74, 6) is 0.552. The molecule has 0 atom stereocenters. The summed E-state index contributed by atoms with van der Waals surface area (Å²) in [7, 11) is 0. The zero-order valence-corrected chi connectivity index (χ0v) is 16.0. The number of carbonyl (C=O) groups excluding carboxylic acids is 1. The first-order valence-electron chi connectivity index (χ1n) is 7.92. The summed E-state index contributed by atoms with van der Waals surface area (Å²) in [6.45, 7) is 2.55. The first-order chi connectivity index (χ1) is 12.5. The summed E-state index contributed by atoms with van der Waals surface area (Å²) in [4.78, 5) is 28.1. The van der Waals surface area contributed by atoms with E-state index in [1.54, 1.807) is 23.9 Å². The highest BCUT2D eigenvalue weighted by molar-refractivity contribution is 7.98. The number of carbonyl (C=O) groups is 1. The zero-order valence-electron chi connectivity index (χ0n) is 14.3. The van der Waals surface area contributed by atoms with Crippen LogP contribution in [0.2, 0.25) is 0 Å². The molecule has 0 fully saturated rings. The molecule has 0 saturated heterocycles. The van der Waals surface area contributed by atoms with Crippen molar-refractivity contribution in [2.24, 2.45) is 4.99 Å². The number of thioether (sulfide) groups is 1. The average Bonchev–Trinajstić information content (AvgIpc) is 2.96. The van der Waals surface area contributed by atoms with Crippen molar-refractivity contribution in [3.8, 4) is 0 Å². The van der Waals surface area contributed by atoms with Crippen LogP contribution in [-0.4, -0.2) is 27.4 Å². The summed E-state index contributed by atoms with van der Waals surface area (Å²) in [5.41, 5.74) is 2.32. The number of fused-ring (bicyclic) bond motifs is 1. The molecule has 0 spiro atoms. The minimum Gasteiger partial charge on any atom is -0.315 e. The Hall–Kier alpha value is -2.45. The van der Waals surface area contributed by atoms with E-state index in [0.29, 0.717) is 16.9 Å². The molecule has 8 heteroatoms. The van der Waals surface area contributed by atoms with Gasteiger partial charge >= 0.3 is 0 Å². The number of nitro groups is 1. The largest absolute Gasteiger partial charge is 0.315 e. The van der Waals surface area contributed by atoms with Crippen LogP contribution in [0.5, 0.6) is 0 Å². The van der Waals surface area contributed by atoms with Crippen molar-refractivity contribution < 1.29 is 9.72 Å². The molecule has 0 aliphatic heterocycles. The summed E-state index contributed by atoms with van der Waals surface area (Å²) >= 11 is 2.99. The third kappa shape index (κ3) is 3.71. The number of benzene rings is 2. The summed E-state index contributed by atoms with van der Waals surface area (Å²) in [6.07, 6.45) is 2.01. The van der Waals surface area contributed by atoms with Crippen molar-refractivity contribution in [1.82, 2.24) is 4.57 Å². The highest BCUT2D eigenvalue weighted by Gasteiger charge is 2.13. The van der Waals surface area contributed by atoms with Gasteiger partial charge in [0.2, 0.25) is 0 Å². The molecular weight excluding hydrogens is 370 g/mol. The van der Waals surface area contributed by atoms with E-state index in [-0.39, 0.29) is 11.6 Å². The van der Waals surface area contributed by atoms with E-state index in [1.165, 1.54) is 23.5 Å². The minimum absolute atomic E-state index is 0.0348. The smallest absolute Gasteiger partial charge is 0.279 e. The Morgan fingerprint density at radius 3 is 2.77 bits per heavy atom. The number of rotatable bonds is 5. The highest BCUT2D eigenvalue weighted by atomic mass is 32.2. The predicted octanol–water partition coefficient (Wildman–Crippen LogP) is 4.02. The van der Waals surface area contributed by atoms with Crippen LogP contribution in [0, 0.1) is 17.0 Å². The molecule has 1 heterocycles. The number of aromatic nitrogens is 1. The van der Waals surface area contributed by atoms with Gasteiger partial charge in [0.25, 0.3) is 11.6 Å². The van der Waals surface area contributed by atoms with Crippen LogP contribution in [-0.2, 0) is 6.54 Å². The molecule has 0 unspecified atom stereocenters. The van der Waals surface area contributed by atoms with Gasteiger partial charge in [-0.2, -0.15) is 16.8 Å². The van der Waals surface area contributed by atoms with Gasteiger partial charge in [0.1, 0.15) is 0 Å². The number of non-ortho nitro benzene ring substituents is 1. The van der Waals surface area contributed by atoms with Crippen molar-refractivity contribution in [3.63, 3.8) is 0 Å². The predicted molar refractivity (Wildman–Crippen MR) is 106 cm³/mol. The van der Waals surface area contributed by atoms with Gasteiger partial charge in [-0.3, -0.25) is 14.9 Å². The summed E-state index contributed by atoms with van der Waals surface area (Å²) in [6, 6.07) is 12.1. The topological polar surface area (TPSA) is 77.5 Å². The van der Waals surface area contributed by atoms with E-state index >= 15 is 0 Å². The van der Waals surface area contributed by atoms with Crippen LogP contribution >= 0.6 is 23.1 Å². The highest BCUT2D eigenvalue weighted by Crippen LogP contribution is 2.23. The molecule has 1 amide bonds. The van der Waals surface area contributed by atoms with E-state index in [2.05, 4.69) is 4.99 Å². The molecule has 0 bridgehead atoms. The molecule has 3 aromatic rings. The Labute approximate surface area is 158 Å². The zero-order chi connectivity index (χ0) is 18.7. The molecule has 26 heavy (non-hydrogen) atoms. The monoisotopic (exact) mass is 387 g/mol. The lowest BCUT2D eigenvalue weighted by Gasteiger charge is -2.04. The number of hydrogen-bond donors (Lipinski definition) is 0. The van der Waals surface area contributed by atoms with Crippen LogP contribution in [0.3, 0.4) is 0 Å². The van der Waals surface area contributed by atoms with Crippen molar-refractivity contribution in [2.45, 2.75) is 13.5 Å². The fraction of sp³-hybridized carbons (Fsp3) is 0.222. The van der Waals surface area contributed by atoms with Crippen LogP contribution < -0.4 is 4.80 Å². The van der Waals surface area contributed by atoms with Crippen LogP contribution in [0.25, 0.3) is 10.2 Å². The van der Waals surface area contributed by atoms with Crippen molar-refractivity contribution >= 4 is 44.9 Å². The van der Waals surface area contributed by atoms with Gasteiger partial charge in [-0.1, -0.05) is 29.5 Å². The Kier molecular flexibility index (Phi) is 5.53. The summed E-state index contributed by atoms with van der Waals surface area (Å²) < 4.78 is 2.70. The number of aryl methyl sites for hydroxylation is 2. The van der Waals surface area contributed by atoms with Gasteiger partial charge in [0.15, 0.2) is 4.80 Å². The maximum Gasteiger partial charge on any atom is 0.279 e. The molecule has 134 valence electrons. The third-order valence-electron chi connectivity index (χ3n) is 3.97. The SMILES string of the molecule is CSCCn1c(=NC(=O)c2ccccc2C)sc2cc([N+](=O)[O-])ccc21. The lowest BCUT2D eigenvalue weighted by atomic mass is 10.1. The van der Waals surface area contributed by atoms with Crippen LogP contribution in [0.4, 0.5) is 5.69 Å². The number of amides is 1. The van der Waals surface area contributed by atoms with E-state index < -0.39 is 4.92 Å². The average molecular weight is 387 g/mol.